The van der Waals surface area contributed by atoms with Crippen molar-refractivity contribution in [2.45, 2.75) is 13.5 Å². The van der Waals surface area contributed by atoms with E-state index in [1.807, 2.05) is 43.1 Å². The number of aromatic nitrogens is 2. The normalized spacial score (nSPS) is 10.4. The summed E-state index contributed by atoms with van der Waals surface area (Å²) in [6, 6.07) is 9.50. The Labute approximate surface area is 116 Å². The van der Waals surface area contributed by atoms with Crippen LogP contribution in [0.3, 0.4) is 0 Å². The van der Waals surface area contributed by atoms with Gasteiger partial charge in [-0.25, -0.2) is 9.97 Å². The van der Waals surface area contributed by atoms with Crippen LogP contribution in [-0.2, 0) is 6.54 Å². The minimum Gasteiger partial charge on any atom is -0.355 e. The third-order valence-corrected chi connectivity index (χ3v) is 2.96. The maximum Gasteiger partial charge on any atom is 0.134 e. The topological polar surface area (TPSA) is 29.0 Å². The second kappa shape index (κ2) is 5.55. The van der Waals surface area contributed by atoms with Crippen molar-refractivity contribution in [3.05, 3.63) is 51.9 Å². The van der Waals surface area contributed by atoms with E-state index < -0.39 is 0 Å². The van der Waals surface area contributed by atoms with Gasteiger partial charge in [-0.05, 0) is 24.6 Å². The minimum atomic E-state index is 0.459. The predicted octanol–water partition coefficient (Wildman–Crippen LogP) is 3.73. The van der Waals surface area contributed by atoms with Crippen LogP contribution in [0.15, 0.2) is 30.3 Å². The lowest BCUT2D eigenvalue weighted by Gasteiger charge is -2.18. The number of benzene rings is 1. The van der Waals surface area contributed by atoms with Crippen molar-refractivity contribution in [2.75, 3.05) is 11.9 Å². The van der Waals surface area contributed by atoms with Crippen LogP contribution in [0.1, 0.15) is 11.4 Å². The summed E-state index contributed by atoms with van der Waals surface area (Å²) >= 11 is 11.8. The molecule has 1 aromatic carbocycles. The molecule has 0 fully saturated rings. The van der Waals surface area contributed by atoms with E-state index in [0.717, 1.165) is 22.9 Å². The highest BCUT2D eigenvalue weighted by Gasteiger charge is 2.06. The van der Waals surface area contributed by atoms with Crippen molar-refractivity contribution in [3.8, 4) is 0 Å². The van der Waals surface area contributed by atoms with Gasteiger partial charge in [-0.3, -0.25) is 0 Å². The SMILES string of the molecule is Cc1nc(Cl)cc(N(C)Cc2ccc(Cl)cc2)n1. The fraction of sp³-hybridized carbons (Fsp3) is 0.231. The second-order valence-corrected chi connectivity index (χ2v) is 4.90. The third kappa shape index (κ3) is 3.34. The van der Waals surface area contributed by atoms with Gasteiger partial charge in [0.15, 0.2) is 0 Å². The first kappa shape index (κ1) is 13.1. The van der Waals surface area contributed by atoms with E-state index in [9.17, 15) is 0 Å². The molecule has 0 saturated heterocycles. The van der Waals surface area contributed by atoms with Crippen LogP contribution >= 0.6 is 23.2 Å². The molecule has 3 nitrogen and oxygen atoms in total. The summed E-state index contributed by atoms with van der Waals surface area (Å²) in [5, 5.41) is 1.20. The van der Waals surface area contributed by atoms with Gasteiger partial charge in [0, 0.05) is 24.7 Å². The van der Waals surface area contributed by atoms with Crippen molar-refractivity contribution in [3.63, 3.8) is 0 Å². The Morgan fingerprint density at radius 1 is 1.11 bits per heavy atom. The number of hydrogen-bond acceptors (Lipinski definition) is 3. The molecule has 0 aliphatic carbocycles. The highest BCUT2D eigenvalue weighted by atomic mass is 35.5. The van der Waals surface area contributed by atoms with Crippen LogP contribution in [0.25, 0.3) is 0 Å². The molecule has 0 N–H and O–H groups in total. The zero-order chi connectivity index (χ0) is 13.1. The lowest BCUT2D eigenvalue weighted by atomic mass is 10.2. The Kier molecular flexibility index (Phi) is 4.04. The number of rotatable bonds is 3. The molecule has 1 aromatic heterocycles. The lowest BCUT2D eigenvalue weighted by molar-refractivity contribution is 0.879. The molecule has 0 aliphatic rings. The molecule has 0 amide bonds. The summed E-state index contributed by atoms with van der Waals surface area (Å²) in [5.41, 5.74) is 1.16. The Morgan fingerprint density at radius 3 is 2.39 bits per heavy atom. The summed E-state index contributed by atoms with van der Waals surface area (Å²) in [6.07, 6.45) is 0. The van der Waals surface area contributed by atoms with Crippen LogP contribution in [0.5, 0.6) is 0 Å². The summed E-state index contributed by atoms with van der Waals surface area (Å²) in [4.78, 5) is 10.4. The zero-order valence-electron chi connectivity index (χ0n) is 10.2. The maximum atomic E-state index is 5.92. The Bertz CT molecular complexity index is 520. The molecule has 0 saturated carbocycles. The Hall–Kier alpha value is -1.32. The van der Waals surface area contributed by atoms with Crippen LogP contribution in [-0.4, -0.2) is 17.0 Å². The molecule has 1 heterocycles. The van der Waals surface area contributed by atoms with Gasteiger partial charge in [-0.1, -0.05) is 35.3 Å². The van der Waals surface area contributed by atoms with Gasteiger partial charge in [0.1, 0.15) is 16.8 Å². The van der Waals surface area contributed by atoms with Gasteiger partial charge in [-0.15, -0.1) is 0 Å². The lowest BCUT2D eigenvalue weighted by Crippen LogP contribution is -2.18. The standard InChI is InChI=1S/C13H13Cl2N3/c1-9-16-12(15)7-13(17-9)18(2)8-10-3-5-11(14)6-4-10/h3-7H,8H2,1-2H3. The van der Waals surface area contributed by atoms with E-state index in [1.54, 1.807) is 6.07 Å². The monoisotopic (exact) mass is 281 g/mol. The molecule has 0 radical (unpaired) electrons. The smallest absolute Gasteiger partial charge is 0.134 e. The van der Waals surface area contributed by atoms with Crippen molar-refractivity contribution >= 4 is 29.0 Å². The number of hydrogen-bond donors (Lipinski definition) is 0. The summed E-state index contributed by atoms with van der Waals surface area (Å²) in [6.45, 7) is 2.56. The van der Waals surface area contributed by atoms with Crippen molar-refractivity contribution in [1.29, 1.82) is 0 Å². The Balaban J connectivity index is 2.16. The van der Waals surface area contributed by atoms with E-state index in [4.69, 9.17) is 23.2 Å². The molecule has 2 rings (SSSR count). The summed E-state index contributed by atoms with van der Waals surface area (Å²) in [5.74, 6) is 1.47. The fourth-order valence-electron chi connectivity index (χ4n) is 1.66. The molecule has 94 valence electrons. The highest BCUT2D eigenvalue weighted by molar-refractivity contribution is 6.30. The average Bonchev–Trinajstić information content (AvgIpc) is 2.31. The number of anilines is 1. The van der Waals surface area contributed by atoms with Crippen molar-refractivity contribution < 1.29 is 0 Å². The number of aryl methyl sites for hydroxylation is 1. The van der Waals surface area contributed by atoms with Crippen molar-refractivity contribution in [1.82, 2.24) is 9.97 Å². The molecule has 0 aliphatic heterocycles. The van der Waals surface area contributed by atoms with Gasteiger partial charge in [0.2, 0.25) is 0 Å². The molecule has 2 aromatic rings. The van der Waals surface area contributed by atoms with E-state index in [0.29, 0.717) is 11.0 Å². The van der Waals surface area contributed by atoms with Crippen LogP contribution in [0.4, 0.5) is 5.82 Å². The van der Waals surface area contributed by atoms with Gasteiger partial charge in [-0.2, -0.15) is 0 Å². The minimum absolute atomic E-state index is 0.459. The largest absolute Gasteiger partial charge is 0.355 e. The fourth-order valence-corrected chi connectivity index (χ4v) is 2.00. The van der Waals surface area contributed by atoms with Gasteiger partial charge in [0.05, 0.1) is 0 Å². The first-order valence-corrected chi connectivity index (χ1v) is 6.27. The first-order valence-electron chi connectivity index (χ1n) is 5.51. The zero-order valence-corrected chi connectivity index (χ0v) is 11.7. The molecule has 0 bridgehead atoms. The summed E-state index contributed by atoms with van der Waals surface area (Å²) < 4.78 is 0. The highest BCUT2D eigenvalue weighted by Crippen LogP contribution is 2.17. The third-order valence-electron chi connectivity index (χ3n) is 2.52. The molecule has 5 heteroatoms. The number of halogens is 2. The van der Waals surface area contributed by atoms with E-state index >= 15 is 0 Å². The number of nitrogens with zero attached hydrogens (tertiary/aromatic N) is 3. The molecule has 18 heavy (non-hydrogen) atoms. The molecule has 0 atom stereocenters. The van der Waals surface area contributed by atoms with Gasteiger partial charge >= 0.3 is 0 Å². The van der Waals surface area contributed by atoms with E-state index in [1.165, 1.54) is 0 Å². The second-order valence-electron chi connectivity index (χ2n) is 4.08. The predicted molar refractivity (Wildman–Crippen MR) is 75.3 cm³/mol. The quantitative estimate of drug-likeness (QED) is 0.803. The van der Waals surface area contributed by atoms with E-state index in [2.05, 4.69) is 9.97 Å². The van der Waals surface area contributed by atoms with E-state index in [-0.39, 0.29) is 0 Å². The van der Waals surface area contributed by atoms with Gasteiger partial charge < -0.3 is 4.90 Å². The molecular weight excluding hydrogens is 269 g/mol. The van der Waals surface area contributed by atoms with Gasteiger partial charge in [0.25, 0.3) is 0 Å². The van der Waals surface area contributed by atoms with Crippen LogP contribution in [0, 0.1) is 6.92 Å². The molecule has 0 unspecified atom stereocenters. The summed E-state index contributed by atoms with van der Waals surface area (Å²) in [7, 11) is 1.96. The first-order chi connectivity index (χ1) is 8.54. The molecular formula is C13H13Cl2N3. The molecule has 0 spiro atoms. The maximum absolute atomic E-state index is 5.92. The van der Waals surface area contributed by atoms with Crippen LogP contribution < -0.4 is 4.90 Å². The average molecular weight is 282 g/mol. The van der Waals surface area contributed by atoms with Crippen molar-refractivity contribution in [2.24, 2.45) is 0 Å². The van der Waals surface area contributed by atoms with Crippen LogP contribution in [0.2, 0.25) is 10.2 Å². The Morgan fingerprint density at radius 2 is 1.78 bits per heavy atom.